The topological polar surface area (TPSA) is 26.0 Å². The Kier molecular flexibility index (Phi) is 24.4. The van der Waals surface area contributed by atoms with Gasteiger partial charge in [0.1, 0.15) is 0 Å². The third kappa shape index (κ3) is 27.9. The molecule has 0 rings (SSSR count). The van der Waals surface area contributed by atoms with E-state index in [9.17, 15) is 0 Å². The highest BCUT2D eigenvalue weighted by Gasteiger charge is 1.43. The van der Waals surface area contributed by atoms with Crippen LogP contribution < -0.4 is 5.73 Å². The molecule has 1 nitrogen and oxygen atoms in total. The van der Waals surface area contributed by atoms with Gasteiger partial charge in [0.05, 0.1) is 0 Å². The maximum Gasteiger partial charge on any atom is 0.00277 e. The largest absolute Gasteiger partial charge is 0.405 e. The molecule has 0 spiro atoms. The van der Waals surface area contributed by atoms with E-state index >= 15 is 0 Å². The molecule has 7 heavy (non-hydrogen) atoms. The van der Waals surface area contributed by atoms with Crippen LogP contribution in [0.15, 0.2) is 12.3 Å². The van der Waals surface area contributed by atoms with E-state index in [1.165, 1.54) is 11.6 Å². The predicted molar refractivity (Wildman–Crippen MR) is 38.3 cm³/mol. The maximum atomic E-state index is 4.86. The van der Waals surface area contributed by atoms with Crippen LogP contribution in [0.5, 0.6) is 0 Å². The summed E-state index contributed by atoms with van der Waals surface area (Å²) in [5, 5.41) is 1.46. The Balaban J connectivity index is 0. The fourth-order valence-corrected chi connectivity index (χ4v) is 0.136. The zero-order valence-electron chi connectivity index (χ0n) is 4.72. The Hall–Kier alpha value is -0.370. The monoisotopic (exact) mass is 117 g/mol. The third-order valence-electron chi connectivity index (χ3n) is 0.190. The first-order valence-electron chi connectivity index (χ1n) is 2.24. The number of allylic oxidation sites excluding steroid dienone is 1. The fraction of sp³-hybridized carbons (Fsp3) is 0.400. The van der Waals surface area contributed by atoms with Crippen molar-refractivity contribution < 1.29 is 0 Å². The van der Waals surface area contributed by atoms with Gasteiger partial charge >= 0.3 is 0 Å². The number of nitrogens with two attached hydrogens (primary N) is 1. The molecule has 2 N–H and O–H groups in total. The molecular weight excluding hydrogens is 106 g/mol. The molecule has 0 radical (unpaired) electrons. The number of rotatable bonds is 1. The second-order valence-electron chi connectivity index (χ2n) is 0.521. The maximum absolute atomic E-state index is 4.86. The van der Waals surface area contributed by atoms with Gasteiger partial charge in [0.15, 0.2) is 0 Å². The molecule has 0 aromatic rings. The van der Waals surface area contributed by atoms with E-state index in [1.807, 2.05) is 13.8 Å². The minimum atomic E-state index is 1.40. The van der Waals surface area contributed by atoms with Crippen LogP contribution in [0.1, 0.15) is 13.8 Å². The predicted octanol–water partition coefficient (Wildman–Crippen LogP) is 1.48. The van der Waals surface area contributed by atoms with Crippen molar-refractivity contribution in [3.63, 3.8) is 0 Å². The molecule has 0 unspecified atom stereocenters. The highest BCUT2D eigenvalue weighted by atomic mass is 32.1. The van der Waals surface area contributed by atoms with Crippen LogP contribution in [0.3, 0.4) is 0 Å². The molecule has 42 valence electrons. The number of hydrogen-bond donors (Lipinski definition) is 1. The van der Waals surface area contributed by atoms with E-state index in [2.05, 4.69) is 12.2 Å². The summed E-state index contributed by atoms with van der Waals surface area (Å²) in [6.07, 6.45) is 2.99. The standard InChI is InChI=1S/C3H5NS.C2H6/c4-2-1-3-5;1-2/h1-3H,4H2;1-2H3/b2-1-;. The lowest BCUT2D eigenvalue weighted by Crippen LogP contribution is -1.73. The van der Waals surface area contributed by atoms with Crippen molar-refractivity contribution in [3.05, 3.63) is 12.3 Å². The van der Waals surface area contributed by atoms with Gasteiger partial charge in [0.2, 0.25) is 0 Å². The highest BCUT2D eigenvalue weighted by Crippen LogP contribution is 1.51. The summed E-state index contributed by atoms with van der Waals surface area (Å²) in [5.41, 5.74) is 4.86. The highest BCUT2D eigenvalue weighted by molar-refractivity contribution is 7.79. The first kappa shape index (κ1) is 9.80. The van der Waals surface area contributed by atoms with Crippen LogP contribution >= 0.6 is 12.2 Å². The summed E-state index contributed by atoms with van der Waals surface area (Å²) in [7, 11) is 0. The smallest absolute Gasteiger partial charge is 0.00277 e. The summed E-state index contributed by atoms with van der Waals surface area (Å²) in [6.45, 7) is 4.00. The van der Waals surface area contributed by atoms with E-state index < -0.39 is 0 Å². The lowest BCUT2D eigenvalue weighted by Gasteiger charge is -1.56. The van der Waals surface area contributed by atoms with Crippen molar-refractivity contribution in [2.45, 2.75) is 13.8 Å². The van der Waals surface area contributed by atoms with Crippen LogP contribution in [0.25, 0.3) is 0 Å². The quantitative estimate of drug-likeness (QED) is 0.416. The molecule has 0 fully saturated rings. The van der Waals surface area contributed by atoms with Gasteiger partial charge in [-0.3, -0.25) is 0 Å². The molecular formula is C5H11NS. The summed E-state index contributed by atoms with van der Waals surface area (Å²) in [6, 6.07) is 0. The Labute approximate surface area is 50.2 Å². The lowest BCUT2D eigenvalue weighted by molar-refractivity contribution is 1.50. The molecule has 0 aromatic carbocycles. The van der Waals surface area contributed by atoms with Crippen molar-refractivity contribution in [2.24, 2.45) is 5.73 Å². The molecule has 0 saturated heterocycles. The van der Waals surface area contributed by atoms with Crippen LogP contribution in [-0.4, -0.2) is 5.37 Å². The van der Waals surface area contributed by atoms with Gasteiger partial charge in [-0.25, -0.2) is 0 Å². The minimum absolute atomic E-state index is 1.40. The zero-order chi connectivity index (χ0) is 6.12. The van der Waals surface area contributed by atoms with Crippen molar-refractivity contribution in [1.82, 2.24) is 0 Å². The van der Waals surface area contributed by atoms with E-state index in [1.54, 1.807) is 6.08 Å². The van der Waals surface area contributed by atoms with Crippen LogP contribution in [0.4, 0.5) is 0 Å². The van der Waals surface area contributed by atoms with Gasteiger partial charge in [-0.15, -0.1) is 0 Å². The second-order valence-corrected chi connectivity index (χ2v) is 0.793. The summed E-state index contributed by atoms with van der Waals surface area (Å²) in [4.78, 5) is 0. The minimum Gasteiger partial charge on any atom is -0.405 e. The Morgan fingerprint density at radius 2 is 1.86 bits per heavy atom. The van der Waals surface area contributed by atoms with Gasteiger partial charge in [-0.1, -0.05) is 26.1 Å². The summed E-state index contributed by atoms with van der Waals surface area (Å²) >= 11 is 4.36. The molecule has 0 aliphatic rings. The first-order chi connectivity index (χ1) is 3.41. The zero-order valence-corrected chi connectivity index (χ0v) is 5.53. The van der Waals surface area contributed by atoms with Gasteiger partial charge in [-0.05, 0) is 12.3 Å². The van der Waals surface area contributed by atoms with Crippen LogP contribution in [-0.2, 0) is 0 Å². The van der Waals surface area contributed by atoms with Crippen molar-refractivity contribution in [3.8, 4) is 0 Å². The van der Waals surface area contributed by atoms with Crippen LogP contribution in [0, 0.1) is 0 Å². The molecule has 0 aromatic heterocycles. The fourth-order valence-electron chi connectivity index (χ4n) is 0.0454. The van der Waals surface area contributed by atoms with Crippen molar-refractivity contribution in [1.29, 1.82) is 0 Å². The molecule has 0 heterocycles. The molecule has 0 aliphatic heterocycles. The second kappa shape index (κ2) is 17.4. The molecule has 0 aliphatic carbocycles. The Morgan fingerprint density at radius 1 is 1.43 bits per heavy atom. The summed E-state index contributed by atoms with van der Waals surface area (Å²) in [5.74, 6) is 0. The van der Waals surface area contributed by atoms with Gasteiger partial charge < -0.3 is 5.73 Å². The molecule has 0 atom stereocenters. The SMILES string of the molecule is CC.N/C=C\C=S. The van der Waals surface area contributed by atoms with Gasteiger partial charge in [-0.2, -0.15) is 0 Å². The average molecular weight is 117 g/mol. The molecule has 0 bridgehead atoms. The number of hydrogen-bond acceptors (Lipinski definition) is 2. The third-order valence-corrected chi connectivity index (χ3v) is 0.347. The first-order valence-corrected chi connectivity index (χ1v) is 2.71. The van der Waals surface area contributed by atoms with E-state index in [0.29, 0.717) is 0 Å². The van der Waals surface area contributed by atoms with E-state index in [-0.39, 0.29) is 0 Å². The normalized spacial score (nSPS) is 7.14. The lowest BCUT2D eigenvalue weighted by atomic mass is 10.7. The van der Waals surface area contributed by atoms with Crippen molar-refractivity contribution >= 4 is 17.6 Å². The van der Waals surface area contributed by atoms with Crippen molar-refractivity contribution in [2.75, 3.05) is 0 Å². The van der Waals surface area contributed by atoms with Gasteiger partial charge in [0, 0.05) is 5.37 Å². The van der Waals surface area contributed by atoms with Gasteiger partial charge in [0.25, 0.3) is 0 Å². The average Bonchev–Trinajstić information content (AvgIpc) is 1.75. The molecule has 0 saturated carbocycles. The molecule has 2 heteroatoms. The number of thiocarbonyl (C=S) groups is 1. The van der Waals surface area contributed by atoms with E-state index in [4.69, 9.17) is 5.73 Å². The molecule has 0 amide bonds. The van der Waals surface area contributed by atoms with E-state index in [0.717, 1.165) is 0 Å². The summed E-state index contributed by atoms with van der Waals surface area (Å²) < 4.78 is 0. The Bertz CT molecular complexity index is 50.0. The van der Waals surface area contributed by atoms with Crippen LogP contribution in [0.2, 0.25) is 0 Å². The Morgan fingerprint density at radius 3 is 1.86 bits per heavy atom.